The van der Waals surface area contributed by atoms with Crippen LogP contribution in [0.5, 0.6) is 0 Å². The second-order valence-corrected chi connectivity index (χ2v) is 6.59. The fourth-order valence-corrected chi connectivity index (χ4v) is 3.32. The molecule has 0 spiro atoms. The van der Waals surface area contributed by atoms with Crippen molar-refractivity contribution in [1.82, 2.24) is 20.4 Å². The van der Waals surface area contributed by atoms with Crippen LogP contribution in [-0.2, 0) is 13.5 Å². The van der Waals surface area contributed by atoms with E-state index >= 15 is 0 Å². The number of carbonyl (C=O) groups is 1. The van der Waals surface area contributed by atoms with Crippen molar-refractivity contribution in [3.8, 4) is 0 Å². The van der Waals surface area contributed by atoms with Crippen LogP contribution in [0.1, 0.15) is 49.0 Å². The Bertz CT molecular complexity index is 742. The second kappa shape index (κ2) is 6.63. The van der Waals surface area contributed by atoms with Crippen molar-refractivity contribution in [3.05, 3.63) is 53.1 Å². The van der Waals surface area contributed by atoms with Crippen LogP contribution in [-0.4, -0.2) is 15.8 Å². The highest BCUT2D eigenvalue weighted by Crippen LogP contribution is 2.35. The lowest BCUT2D eigenvalue weighted by atomic mass is 9.80. The zero-order chi connectivity index (χ0) is 17.3. The van der Waals surface area contributed by atoms with Gasteiger partial charge in [-0.2, -0.15) is 5.10 Å². The zero-order valence-corrected chi connectivity index (χ0v) is 14.2. The number of aryl methyl sites for hydroxylation is 1. The van der Waals surface area contributed by atoms with Gasteiger partial charge >= 0.3 is 6.03 Å². The highest BCUT2D eigenvalue weighted by Gasteiger charge is 2.29. The number of benzene rings is 1. The molecule has 3 rings (SSSR count). The summed E-state index contributed by atoms with van der Waals surface area (Å²) in [5.74, 6) is 0.0779. The van der Waals surface area contributed by atoms with Gasteiger partial charge in [0, 0.05) is 18.8 Å². The third-order valence-corrected chi connectivity index (χ3v) is 4.77. The molecule has 24 heavy (non-hydrogen) atoms. The lowest BCUT2D eigenvalue weighted by Gasteiger charge is -2.32. The Labute approximate surface area is 141 Å². The average molecular weight is 330 g/mol. The van der Waals surface area contributed by atoms with E-state index in [1.54, 1.807) is 16.9 Å². The molecular formula is C18H23FN4O. The topological polar surface area (TPSA) is 59.0 Å². The Morgan fingerprint density at radius 2 is 2.25 bits per heavy atom. The molecule has 1 heterocycles. The fraction of sp³-hybridized carbons (Fsp3) is 0.444. The van der Waals surface area contributed by atoms with Gasteiger partial charge in [-0.05, 0) is 42.9 Å². The molecule has 2 amide bonds. The van der Waals surface area contributed by atoms with Crippen LogP contribution in [0.25, 0.3) is 0 Å². The van der Waals surface area contributed by atoms with Gasteiger partial charge in [0.05, 0.1) is 18.3 Å². The molecule has 0 unspecified atom stereocenters. The molecule has 0 radical (unpaired) electrons. The Balaban J connectivity index is 1.71. The van der Waals surface area contributed by atoms with Gasteiger partial charge in [-0.3, -0.25) is 4.68 Å². The van der Waals surface area contributed by atoms with Gasteiger partial charge in [-0.1, -0.05) is 19.1 Å². The van der Waals surface area contributed by atoms with Gasteiger partial charge in [0.25, 0.3) is 0 Å². The molecule has 1 aliphatic carbocycles. The average Bonchev–Trinajstić information content (AvgIpc) is 2.97. The summed E-state index contributed by atoms with van der Waals surface area (Å²) < 4.78 is 15.7. The van der Waals surface area contributed by atoms with Crippen molar-refractivity contribution < 1.29 is 9.18 Å². The summed E-state index contributed by atoms with van der Waals surface area (Å²) in [6, 6.07) is 4.52. The van der Waals surface area contributed by atoms with Crippen molar-refractivity contribution in [2.24, 2.45) is 13.0 Å². The summed E-state index contributed by atoms with van der Waals surface area (Å²) in [6.45, 7) is 4.00. The molecule has 0 bridgehead atoms. The van der Waals surface area contributed by atoms with Crippen LogP contribution in [0.15, 0.2) is 30.6 Å². The minimum Gasteiger partial charge on any atom is -0.332 e. The molecule has 6 heteroatoms. The molecule has 1 aromatic carbocycles. The number of nitrogens with zero attached hydrogens (tertiary/aromatic N) is 2. The van der Waals surface area contributed by atoms with Crippen LogP contribution < -0.4 is 10.6 Å². The second-order valence-electron chi connectivity index (χ2n) is 6.59. The van der Waals surface area contributed by atoms with Gasteiger partial charge in [-0.15, -0.1) is 0 Å². The van der Waals surface area contributed by atoms with Crippen LogP contribution in [0, 0.1) is 11.7 Å². The van der Waals surface area contributed by atoms with Gasteiger partial charge in [0.15, 0.2) is 0 Å². The normalized spacial score (nSPS) is 21.0. The molecule has 2 N–H and O–H groups in total. The summed E-state index contributed by atoms with van der Waals surface area (Å²) in [4.78, 5) is 12.4. The lowest BCUT2D eigenvalue weighted by molar-refractivity contribution is 0.226. The first-order valence-corrected chi connectivity index (χ1v) is 8.28. The van der Waals surface area contributed by atoms with Crippen molar-refractivity contribution >= 4 is 6.03 Å². The van der Waals surface area contributed by atoms with Gasteiger partial charge in [0.2, 0.25) is 0 Å². The molecule has 2 aromatic rings. The minimum absolute atomic E-state index is 0.149. The monoisotopic (exact) mass is 330 g/mol. The molecular weight excluding hydrogens is 307 g/mol. The summed E-state index contributed by atoms with van der Waals surface area (Å²) >= 11 is 0. The maximum Gasteiger partial charge on any atom is 0.315 e. The molecule has 0 aliphatic heterocycles. The molecule has 0 saturated carbocycles. The van der Waals surface area contributed by atoms with E-state index in [1.165, 1.54) is 6.07 Å². The smallest absolute Gasteiger partial charge is 0.315 e. The van der Waals surface area contributed by atoms with E-state index < -0.39 is 0 Å². The van der Waals surface area contributed by atoms with E-state index in [-0.39, 0.29) is 29.8 Å². The van der Waals surface area contributed by atoms with E-state index in [9.17, 15) is 9.18 Å². The summed E-state index contributed by atoms with van der Waals surface area (Å²) in [5, 5.41) is 10.1. The van der Waals surface area contributed by atoms with Crippen LogP contribution in [0.2, 0.25) is 0 Å². The maximum absolute atomic E-state index is 14.0. The first-order chi connectivity index (χ1) is 11.5. The number of aromatic nitrogens is 2. The quantitative estimate of drug-likeness (QED) is 0.907. The number of halogens is 1. The number of fused-ring (bicyclic) bond motifs is 1. The molecule has 5 nitrogen and oxygen atoms in total. The van der Waals surface area contributed by atoms with Crippen LogP contribution in [0.4, 0.5) is 9.18 Å². The Kier molecular flexibility index (Phi) is 4.55. The first-order valence-electron chi connectivity index (χ1n) is 8.28. The number of hydrogen-bond acceptors (Lipinski definition) is 2. The summed E-state index contributed by atoms with van der Waals surface area (Å²) in [6.07, 6.45) is 5.18. The lowest BCUT2D eigenvalue weighted by Crippen LogP contribution is -2.42. The van der Waals surface area contributed by atoms with Crippen molar-refractivity contribution in [1.29, 1.82) is 0 Å². The van der Waals surface area contributed by atoms with Crippen LogP contribution in [0.3, 0.4) is 0 Å². The fourth-order valence-electron chi connectivity index (χ4n) is 3.32. The summed E-state index contributed by atoms with van der Waals surface area (Å²) in [7, 11) is 1.84. The standard InChI is InChI=1S/C18H23FN4O/c1-11-7-8-14-15(5-4-6-16(14)19)17(11)22-18(24)21-12(2)13-9-20-23(3)10-13/h4-6,9-12,17H,7-8H2,1-3H3,(H2,21,22,24)/t11-,12+,17+/m1/s1. The predicted octanol–water partition coefficient (Wildman–Crippen LogP) is 3.24. The molecule has 1 aromatic heterocycles. The Hall–Kier alpha value is -2.37. The van der Waals surface area contributed by atoms with Gasteiger partial charge < -0.3 is 10.6 Å². The third-order valence-electron chi connectivity index (χ3n) is 4.77. The number of carbonyl (C=O) groups excluding carboxylic acids is 1. The molecule has 1 aliphatic rings. The van der Waals surface area contributed by atoms with E-state index in [0.717, 1.165) is 29.5 Å². The van der Waals surface area contributed by atoms with Crippen molar-refractivity contribution in [3.63, 3.8) is 0 Å². The van der Waals surface area contributed by atoms with Crippen LogP contribution >= 0.6 is 0 Å². The predicted molar refractivity (Wildman–Crippen MR) is 89.9 cm³/mol. The van der Waals surface area contributed by atoms with E-state index in [2.05, 4.69) is 22.7 Å². The third kappa shape index (κ3) is 3.27. The molecule has 3 atom stereocenters. The zero-order valence-electron chi connectivity index (χ0n) is 14.2. The van der Waals surface area contributed by atoms with Crippen molar-refractivity contribution in [2.75, 3.05) is 0 Å². The van der Waals surface area contributed by atoms with E-state index in [0.29, 0.717) is 0 Å². The minimum atomic E-state index is -0.250. The number of nitrogens with one attached hydrogen (secondary N) is 2. The number of hydrogen-bond donors (Lipinski definition) is 2. The van der Waals surface area contributed by atoms with Crippen molar-refractivity contribution in [2.45, 2.75) is 38.8 Å². The number of urea groups is 1. The highest BCUT2D eigenvalue weighted by molar-refractivity contribution is 5.75. The molecule has 0 fully saturated rings. The van der Waals surface area contributed by atoms with Gasteiger partial charge in [-0.25, -0.2) is 9.18 Å². The first kappa shape index (κ1) is 16.5. The maximum atomic E-state index is 14.0. The summed E-state index contributed by atoms with van der Waals surface area (Å²) in [5.41, 5.74) is 2.55. The van der Waals surface area contributed by atoms with E-state index in [4.69, 9.17) is 0 Å². The molecule has 128 valence electrons. The largest absolute Gasteiger partial charge is 0.332 e. The number of rotatable bonds is 3. The van der Waals surface area contributed by atoms with Gasteiger partial charge in [0.1, 0.15) is 5.82 Å². The number of amides is 2. The Morgan fingerprint density at radius 3 is 2.96 bits per heavy atom. The molecule has 0 saturated heterocycles. The highest BCUT2D eigenvalue weighted by atomic mass is 19.1. The van der Waals surface area contributed by atoms with E-state index in [1.807, 2.05) is 26.2 Å². The Morgan fingerprint density at radius 1 is 1.46 bits per heavy atom. The SMILES string of the molecule is C[C@H](NC(=O)N[C@@H]1c2cccc(F)c2CC[C@H]1C)c1cnn(C)c1.